The zero-order valence-corrected chi connectivity index (χ0v) is 58.5. The molecule has 2 unspecified atom stereocenters. The number of hydrogen-bond donors (Lipinski definition) is 3. The van der Waals surface area contributed by atoms with Gasteiger partial charge in [-0.1, -0.05) is 310 Å². The summed E-state index contributed by atoms with van der Waals surface area (Å²) in [6, 6.07) is 0. The van der Waals surface area contributed by atoms with Crippen LogP contribution in [-0.2, 0) is 65.4 Å². The van der Waals surface area contributed by atoms with Crippen LogP contribution >= 0.6 is 15.6 Å². The molecule has 0 rings (SSSR count). The van der Waals surface area contributed by atoms with Gasteiger partial charge in [-0.2, -0.15) is 0 Å². The maximum absolute atomic E-state index is 13.0. The molecular formula is C69H134O17P2. The Morgan fingerprint density at radius 1 is 0.273 bits per heavy atom. The Labute approximate surface area is 537 Å². The Kier molecular flexibility index (Phi) is 62.4. The molecule has 0 saturated carbocycles. The molecule has 88 heavy (non-hydrogen) atoms. The minimum Gasteiger partial charge on any atom is -0.462 e. The third kappa shape index (κ3) is 62.8. The maximum atomic E-state index is 13.0. The van der Waals surface area contributed by atoms with Crippen molar-refractivity contribution in [2.24, 2.45) is 0 Å². The van der Waals surface area contributed by atoms with E-state index < -0.39 is 97.5 Å². The summed E-state index contributed by atoms with van der Waals surface area (Å²) < 4.78 is 68.2. The fourth-order valence-electron chi connectivity index (χ4n) is 10.5. The molecule has 0 aliphatic heterocycles. The highest BCUT2D eigenvalue weighted by atomic mass is 31.2. The van der Waals surface area contributed by atoms with Crippen molar-refractivity contribution in [3.63, 3.8) is 0 Å². The predicted octanol–water partition coefficient (Wildman–Crippen LogP) is 19.9. The van der Waals surface area contributed by atoms with Crippen LogP contribution in [0.1, 0.15) is 362 Å². The third-order valence-electron chi connectivity index (χ3n) is 16.1. The fraction of sp³-hybridized carbons (Fsp3) is 0.942. The van der Waals surface area contributed by atoms with Gasteiger partial charge >= 0.3 is 39.5 Å². The van der Waals surface area contributed by atoms with Crippen molar-refractivity contribution in [2.75, 3.05) is 39.6 Å². The molecule has 3 N–H and O–H groups in total. The molecule has 0 radical (unpaired) electrons. The number of carbonyl (C=O) groups is 4. The lowest BCUT2D eigenvalue weighted by Gasteiger charge is -2.21. The first-order valence-electron chi connectivity index (χ1n) is 36.3. The standard InChI is InChI=1S/C69H134O17P2/c1-5-9-13-17-21-25-29-30-31-32-33-34-36-40-44-48-52-56-69(74)86-65(60-80-67(72)54-50-46-42-39-35-26-22-18-14-10-6-2)62-84-88(77,78)82-58-63(70)57-81-87(75,76)83-61-64(85-68(73)55-51-47-43-38-28-24-20-16-12-8-4)59-79-66(71)53-49-45-41-37-27-23-19-15-11-7-3/h63-65,70H,5-62H2,1-4H3,(H,75,76)(H,77,78)/t63-,64+,65+/m0/s1. The summed E-state index contributed by atoms with van der Waals surface area (Å²) in [4.78, 5) is 72.4. The Morgan fingerprint density at radius 3 is 0.670 bits per heavy atom. The van der Waals surface area contributed by atoms with Gasteiger partial charge in [-0.05, 0) is 25.7 Å². The minimum absolute atomic E-state index is 0.107. The number of carbonyl (C=O) groups excluding carboxylic acids is 4. The van der Waals surface area contributed by atoms with Gasteiger partial charge in [-0.3, -0.25) is 37.3 Å². The van der Waals surface area contributed by atoms with Crippen LogP contribution in [0.15, 0.2) is 0 Å². The highest BCUT2D eigenvalue weighted by Crippen LogP contribution is 2.45. The largest absolute Gasteiger partial charge is 0.472 e. The Morgan fingerprint density at radius 2 is 0.455 bits per heavy atom. The van der Waals surface area contributed by atoms with E-state index in [2.05, 4.69) is 27.7 Å². The molecule has 522 valence electrons. The quantitative estimate of drug-likeness (QED) is 0.0222. The van der Waals surface area contributed by atoms with Crippen LogP contribution in [0, 0.1) is 0 Å². The van der Waals surface area contributed by atoms with Gasteiger partial charge in [0, 0.05) is 25.7 Å². The van der Waals surface area contributed by atoms with E-state index in [9.17, 15) is 43.2 Å². The van der Waals surface area contributed by atoms with Crippen LogP contribution in [0.3, 0.4) is 0 Å². The molecule has 0 saturated heterocycles. The number of phosphoric acid groups is 2. The summed E-state index contributed by atoms with van der Waals surface area (Å²) >= 11 is 0. The molecule has 19 heteroatoms. The molecule has 0 aliphatic rings. The van der Waals surface area contributed by atoms with Crippen molar-refractivity contribution in [1.82, 2.24) is 0 Å². The molecule has 0 amide bonds. The number of hydrogen-bond acceptors (Lipinski definition) is 15. The lowest BCUT2D eigenvalue weighted by atomic mass is 10.0. The van der Waals surface area contributed by atoms with Gasteiger partial charge in [0.1, 0.15) is 19.3 Å². The molecule has 0 spiro atoms. The number of aliphatic hydroxyl groups excluding tert-OH is 1. The first-order chi connectivity index (χ1) is 42.7. The summed E-state index contributed by atoms with van der Waals surface area (Å²) in [6.45, 7) is 4.92. The molecule has 0 aromatic carbocycles. The SMILES string of the molecule is CCCCCCCCCCCCCCCCCCCC(=O)O[C@H](COC(=O)CCCCCCCCCCCCC)COP(=O)(O)OC[C@@H](O)COP(=O)(O)OC[C@@H](COC(=O)CCCCCCCCCCCC)OC(=O)CCCCCCCCCCCC. The van der Waals surface area contributed by atoms with Crippen LogP contribution in [-0.4, -0.2) is 96.7 Å². The van der Waals surface area contributed by atoms with Gasteiger partial charge in [0.15, 0.2) is 12.2 Å². The van der Waals surface area contributed by atoms with Gasteiger partial charge in [-0.25, -0.2) is 9.13 Å². The Balaban J connectivity index is 5.21. The summed E-state index contributed by atoms with van der Waals surface area (Å²) in [5, 5.41) is 10.6. The molecule has 0 aromatic rings. The lowest BCUT2D eigenvalue weighted by Crippen LogP contribution is -2.30. The number of rotatable bonds is 70. The van der Waals surface area contributed by atoms with E-state index in [0.29, 0.717) is 25.7 Å². The average molecular weight is 1300 g/mol. The highest BCUT2D eigenvalue weighted by molar-refractivity contribution is 7.47. The molecule has 0 bridgehead atoms. The van der Waals surface area contributed by atoms with E-state index >= 15 is 0 Å². The van der Waals surface area contributed by atoms with E-state index in [0.717, 1.165) is 89.9 Å². The van der Waals surface area contributed by atoms with Crippen LogP contribution in [0.25, 0.3) is 0 Å². The van der Waals surface area contributed by atoms with Crippen molar-refractivity contribution in [3.05, 3.63) is 0 Å². The van der Waals surface area contributed by atoms with Crippen LogP contribution in [0.5, 0.6) is 0 Å². The molecule has 5 atom stereocenters. The first kappa shape index (κ1) is 86.1. The normalized spacial score (nSPS) is 14.0. The number of aliphatic hydroxyl groups is 1. The molecule has 0 aliphatic carbocycles. The van der Waals surface area contributed by atoms with Crippen molar-refractivity contribution < 1.29 is 80.2 Å². The Hall–Kier alpha value is -1.94. The second-order valence-electron chi connectivity index (χ2n) is 24.9. The summed E-state index contributed by atoms with van der Waals surface area (Å²) in [6.07, 6.45) is 51.2. The highest BCUT2D eigenvalue weighted by Gasteiger charge is 2.30. The number of unbranched alkanes of at least 4 members (excludes halogenated alkanes) is 44. The summed E-state index contributed by atoms with van der Waals surface area (Å²) in [5.41, 5.74) is 0. The van der Waals surface area contributed by atoms with Crippen molar-refractivity contribution in [1.29, 1.82) is 0 Å². The van der Waals surface area contributed by atoms with E-state index in [1.54, 1.807) is 0 Å². The second-order valence-corrected chi connectivity index (χ2v) is 27.8. The summed E-state index contributed by atoms with van der Waals surface area (Å²) in [7, 11) is -9.89. The van der Waals surface area contributed by atoms with E-state index in [1.165, 1.54) is 193 Å². The smallest absolute Gasteiger partial charge is 0.462 e. The second kappa shape index (κ2) is 63.8. The Bertz CT molecular complexity index is 1690. The fourth-order valence-corrected chi connectivity index (χ4v) is 12.1. The zero-order valence-electron chi connectivity index (χ0n) is 56.7. The van der Waals surface area contributed by atoms with Crippen LogP contribution in [0.4, 0.5) is 0 Å². The minimum atomic E-state index is -4.95. The molecule has 0 heterocycles. The van der Waals surface area contributed by atoms with E-state index in [1.807, 2.05) is 0 Å². The van der Waals surface area contributed by atoms with Gasteiger partial charge < -0.3 is 33.8 Å². The first-order valence-corrected chi connectivity index (χ1v) is 39.3. The predicted molar refractivity (Wildman–Crippen MR) is 354 cm³/mol. The number of phosphoric ester groups is 2. The number of ether oxygens (including phenoxy) is 4. The maximum Gasteiger partial charge on any atom is 0.472 e. The molecule has 17 nitrogen and oxygen atoms in total. The monoisotopic (exact) mass is 1300 g/mol. The molecule has 0 fully saturated rings. The van der Waals surface area contributed by atoms with E-state index in [-0.39, 0.29) is 25.7 Å². The van der Waals surface area contributed by atoms with Gasteiger partial charge in [0.25, 0.3) is 0 Å². The topological polar surface area (TPSA) is 237 Å². The van der Waals surface area contributed by atoms with Crippen LogP contribution in [0.2, 0.25) is 0 Å². The molecular weight excluding hydrogens is 1160 g/mol. The van der Waals surface area contributed by atoms with Gasteiger partial charge in [0.2, 0.25) is 0 Å². The van der Waals surface area contributed by atoms with Crippen molar-refractivity contribution in [2.45, 2.75) is 380 Å². The zero-order chi connectivity index (χ0) is 64.7. The molecule has 0 aromatic heterocycles. The van der Waals surface area contributed by atoms with Crippen molar-refractivity contribution in [3.8, 4) is 0 Å². The lowest BCUT2D eigenvalue weighted by molar-refractivity contribution is -0.161. The third-order valence-corrected chi connectivity index (χ3v) is 18.0. The van der Waals surface area contributed by atoms with Crippen LogP contribution < -0.4 is 0 Å². The van der Waals surface area contributed by atoms with Crippen molar-refractivity contribution >= 4 is 39.5 Å². The number of esters is 4. The summed E-state index contributed by atoms with van der Waals surface area (Å²) in [5.74, 6) is -2.12. The van der Waals surface area contributed by atoms with E-state index in [4.69, 9.17) is 37.0 Å². The average Bonchev–Trinajstić information content (AvgIpc) is 3.64. The van der Waals surface area contributed by atoms with Gasteiger partial charge in [-0.15, -0.1) is 0 Å². The van der Waals surface area contributed by atoms with Gasteiger partial charge in [0.05, 0.1) is 26.4 Å².